The lowest BCUT2D eigenvalue weighted by Gasteiger charge is -2.43. The molecule has 4 aliphatic heterocycles. The fraction of sp³-hybridized carbons (Fsp3) is 0.134. The first-order valence-electron chi connectivity index (χ1n) is 49.7. The van der Waals surface area contributed by atoms with Crippen LogP contribution in [0.3, 0.4) is 0 Å². The van der Waals surface area contributed by atoms with E-state index >= 15 is 0 Å². The Hall–Kier alpha value is -15.5. The van der Waals surface area contributed by atoms with Crippen molar-refractivity contribution in [2.24, 2.45) is 0 Å². The second-order valence-corrected chi connectivity index (χ2v) is 45.5. The van der Waals surface area contributed by atoms with Gasteiger partial charge >= 0.3 is 0 Å². The third-order valence-corrected chi connectivity index (χ3v) is 37.8. The topological polar surface area (TPSA) is 9.72 Å². The Balaban J connectivity index is 0.000000107. The molecule has 0 saturated carbocycles. The normalized spacial score (nSPS) is 15.1. The third-order valence-electron chi connectivity index (χ3n) is 32.4. The van der Waals surface area contributed by atoms with Crippen molar-refractivity contribution in [2.75, 3.05) is 14.7 Å². The molecule has 3 aliphatic carbocycles. The predicted molar refractivity (Wildman–Crippen MR) is 592 cm³/mol. The number of anilines is 9. The Bertz CT molecular complexity index is 8380. The first kappa shape index (κ1) is 83.2. The lowest BCUT2D eigenvalue weighted by Crippen LogP contribution is -2.60. The van der Waals surface area contributed by atoms with E-state index in [0.29, 0.717) is 0 Å². The molecular weight excluding hydrogens is 1680 g/mol. The van der Waals surface area contributed by atoms with E-state index in [1.165, 1.54) is 280 Å². The number of hydrogen-bond acceptors (Lipinski definition) is 3. The van der Waals surface area contributed by atoms with E-state index in [4.69, 9.17) is 0 Å². The van der Waals surface area contributed by atoms with Gasteiger partial charge < -0.3 is 14.7 Å². The maximum absolute atomic E-state index is 2.65. The largest absolute Gasteiger partial charge is 0.309 e. The van der Waals surface area contributed by atoms with Crippen LogP contribution in [0.15, 0.2) is 400 Å². The Morgan fingerprint density at radius 3 is 0.848 bits per heavy atom. The van der Waals surface area contributed by atoms with Gasteiger partial charge in [-0.05, 0) is 265 Å². The van der Waals surface area contributed by atoms with E-state index in [1.807, 2.05) is 0 Å². The highest BCUT2D eigenvalue weighted by Crippen LogP contribution is 2.60. The van der Waals surface area contributed by atoms with E-state index in [2.05, 4.69) is 490 Å². The molecule has 1 saturated heterocycles. The summed E-state index contributed by atoms with van der Waals surface area (Å²) in [5.41, 5.74) is 44.8. The van der Waals surface area contributed by atoms with Gasteiger partial charge in [-0.25, -0.2) is 0 Å². The average molecular weight is 1790 g/mol. The van der Waals surface area contributed by atoms with Gasteiger partial charge in [0.1, 0.15) is 8.07 Å². The Kier molecular flexibility index (Phi) is 19.2. The summed E-state index contributed by atoms with van der Waals surface area (Å²) in [7, 11) is -1.84. The molecule has 7 aliphatic rings. The van der Waals surface area contributed by atoms with Crippen LogP contribution in [0.4, 0.5) is 51.2 Å². The summed E-state index contributed by atoms with van der Waals surface area (Å²) >= 11 is 0. The van der Waals surface area contributed by atoms with Crippen LogP contribution in [0.1, 0.15) is 127 Å². The zero-order valence-corrected chi connectivity index (χ0v) is 80.8. The molecule has 0 atom stereocenters. The quantitative estimate of drug-likeness (QED) is 0.121. The Morgan fingerprint density at radius 1 is 0.217 bits per heavy atom. The van der Waals surface area contributed by atoms with Crippen LogP contribution in [0.25, 0.3) is 144 Å². The SMILES string of the molecule is Cc1ccc2c(N3c4ccccc4C=Cc4ccccc43)c3ccccc3c(-c3ccc4c(c3)C(C)(C)c3ccccc3-4)c2c1.Cc1ccc2c(N3c4ccccc4CCc4ccccc43)c3ccccc3c(-c3ccc4c(c3)C(C)(C)c3ccccc3-4)c2c1.Cc1ccc2c(N3c4ccccc4[Si]4(CCCC4)c4ccccc43)c3ccccc3c(-c3ccc4c(c3)C(C)(C)c3ccccc3-4)c2c1. The molecule has 138 heavy (non-hydrogen) atoms. The molecule has 0 radical (unpaired) electrons. The molecule has 0 N–H and O–H groups in total. The summed E-state index contributed by atoms with van der Waals surface area (Å²) in [4.78, 5) is 7.70. The molecule has 4 heteroatoms. The van der Waals surface area contributed by atoms with Gasteiger partial charge in [-0.3, -0.25) is 0 Å². The minimum absolute atomic E-state index is 0.0509. The number of hydrogen-bond donors (Lipinski definition) is 0. The molecule has 21 aromatic carbocycles. The van der Waals surface area contributed by atoms with Crippen molar-refractivity contribution in [2.45, 2.75) is 116 Å². The molecule has 1 fully saturated rings. The van der Waals surface area contributed by atoms with Crippen molar-refractivity contribution in [3.05, 3.63) is 473 Å². The van der Waals surface area contributed by atoms with Crippen LogP contribution >= 0.6 is 0 Å². The van der Waals surface area contributed by atoms with Crippen LogP contribution < -0.4 is 25.1 Å². The fourth-order valence-electron chi connectivity index (χ4n) is 26.0. The molecule has 28 rings (SSSR count). The van der Waals surface area contributed by atoms with Crippen LogP contribution in [-0.2, 0) is 29.1 Å². The first-order chi connectivity index (χ1) is 67.5. The van der Waals surface area contributed by atoms with Gasteiger partial charge in [0.15, 0.2) is 0 Å². The van der Waals surface area contributed by atoms with Crippen molar-refractivity contribution in [1.82, 2.24) is 0 Å². The van der Waals surface area contributed by atoms with E-state index < -0.39 is 8.07 Å². The Labute approximate surface area is 811 Å². The predicted octanol–water partition coefficient (Wildman–Crippen LogP) is 35.5. The summed E-state index contributed by atoms with van der Waals surface area (Å²) in [5.74, 6) is 0. The molecule has 1 spiro atoms. The number of benzene rings is 21. The van der Waals surface area contributed by atoms with Gasteiger partial charge in [0.2, 0.25) is 0 Å². The van der Waals surface area contributed by atoms with E-state index in [0.717, 1.165) is 12.8 Å². The van der Waals surface area contributed by atoms with Gasteiger partial charge in [-0.15, -0.1) is 0 Å². The van der Waals surface area contributed by atoms with Crippen molar-refractivity contribution < 1.29 is 0 Å². The van der Waals surface area contributed by atoms with Crippen molar-refractivity contribution in [3.63, 3.8) is 0 Å². The first-order valence-corrected chi connectivity index (χ1v) is 52.1. The summed E-state index contributed by atoms with van der Waals surface area (Å²) in [6.07, 6.45) is 9.26. The van der Waals surface area contributed by atoms with Crippen LogP contribution in [0, 0.1) is 20.8 Å². The molecule has 3 nitrogen and oxygen atoms in total. The molecule has 21 aromatic rings. The summed E-state index contributed by atoms with van der Waals surface area (Å²) in [6, 6.07) is 154. The summed E-state index contributed by atoms with van der Waals surface area (Å²) in [6.45, 7) is 20.9. The minimum Gasteiger partial charge on any atom is -0.309 e. The second-order valence-electron chi connectivity index (χ2n) is 41.3. The molecule has 0 aromatic heterocycles. The molecule has 4 heterocycles. The zero-order valence-electron chi connectivity index (χ0n) is 79.8. The lowest BCUT2D eigenvalue weighted by atomic mass is 9.81. The van der Waals surface area contributed by atoms with Crippen molar-refractivity contribution >= 4 is 146 Å². The highest BCUT2D eigenvalue weighted by atomic mass is 28.3. The van der Waals surface area contributed by atoms with Crippen LogP contribution in [0.2, 0.25) is 12.1 Å². The molecular formula is C134H107N3Si. The third kappa shape index (κ3) is 12.6. The highest BCUT2D eigenvalue weighted by Gasteiger charge is 2.49. The molecule has 0 amide bonds. The second kappa shape index (κ2) is 31.8. The molecule has 662 valence electrons. The van der Waals surface area contributed by atoms with E-state index in [-0.39, 0.29) is 16.2 Å². The van der Waals surface area contributed by atoms with Crippen LogP contribution in [0.5, 0.6) is 0 Å². The number of aryl methyl sites for hydroxylation is 5. The van der Waals surface area contributed by atoms with Gasteiger partial charge in [0, 0.05) is 71.3 Å². The smallest absolute Gasteiger partial charge is 0.123 e. The highest BCUT2D eigenvalue weighted by molar-refractivity contribution is 7.05. The number of fused-ring (bicyclic) bond motifs is 23. The van der Waals surface area contributed by atoms with Gasteiger partial charge in [-0.2, -0.15) is 0 Å². The summed E-state index contributed by atoms with van der Waals surface area (Å²) < 4.78 is 0. The van der Waals surface area contributed by atoms with Gasteiger partial charge in [0.05, 0.1) is 28.4 Å². The molecule has 0 unspecified atom stereocenters. The number of para-hydroxylation sites is 6. The van der Waals surface area contributed by atoms with Gasteiger partial charge in [-0.1, -0.05) is 429 Å². The maximum atomic E-state index is 2.65. The van der Waals surface area contributed by atoms with Gasteiger partial charge in [0.25, 0.3) is 0 Å². The average Bonchev–Trinajstić information content (AvgIpc) is 1.05. The Morgan fingerprint density at radius 2 is 0.486 bits per heavy atom. The minimum atomic E-state index is -1.84. The fourth-order valence-corrected chi connectivity index (χ4v) is 31.5. The monoisotopic (exact) mass is 1790 g/mol. The lowest BCUT2D eigenvalue weighted by molar-refractivity contribution is 0.660. The van der Waals surface area contributed by atoms with Crippen LogP contribution in [-0.4, -0.2) is 8.07 Å². The van der Waals surface area contributed by atoms with Crippen molar-refractivity contribution in [1.29, 1.82) is 0 Å². The number of rotatable bonds is 6. The number of nitrogens with zero attached hydrogens (tertiary/aromatic N) is 3. The van der Waals surface area contributed by atoms with Crippen molar-refractivity contribution in [3.8, 4) is 66.8 Å². The maximum Gasteiger partial charge on any atom is 0.123 e. The van der Waals surface area contributed by atoms with E-state index in [9.17, 15) is 0 Å². The summed E-state index contributed by atoms with van der Waals surface area (Å²) in [5, 5.41) is 18.7. The van der Waals surface area contributed by atoms with E-state index in [1.54, 1.807) is 10.4 Å². The standard InChI is InChI=1S/C46H39NSi.C44H35N.C44H33N/c1-30-22-24-36-37(28-30)44(31-23-25-33-32-14-6-7-17-38(32)46(2,3)39(33)29-31)34-15-4-5-16-35(34)45(36)47-40-18-8-10-20-42(40)48(26-12-13-27-48)43-21-11-9-19-41(43)47;2*1-28-20-24-36-37(26-28)42(31-23-25-33-32-14-8-9-17-38(32)44(2,3)39(33)27-31)34-15-6-7-16-35(34)43(36)45-40-18-10-4-12-29(40)21-22-30-13-5-11-19-41(30)45/h4-11,14-25,28-29H,12-13,26-27H2,1-3H3;4-20,23-27H,21-22H2,1-3H3;4-27H,1-3H3. The zero-order chi connectivity index (χ0) is 92.8. The molecule has 0 bridgehead atoms.